The van der Waals surface area contributed by atoms with Gasteiger partial charge in [0.05, 0.1) is 0 Å². The van der Waals surface area contributed by atoms with Crippen molar-refractivity contribution in [2.45, 2.75) is 123 Å². The van der Waals surface area contributed by atoms with Crippen molar-refractivity contribution < 1.29 is 15.0 Å². The summed E-state index contributed by atoms with van der Waals surface area (Å²) in [6.07, 6.45) is 19.6. The highest BCUT2D eigenvalue weighted by molar-refractivity contribution is 5.66. The minimum atomic E-state index is -0.653. The first-order valence-corrected chi connectivity index (χ1v) is 10.4. The second-order valence-electron chi connectivity index (χ2n) is 6.94. The van der Waals surface area contributed by atoms with E-state index in [1.165, 1.54) is 83.5 Å². The lowest BCUT2D eigenvalue weighted by Crippen LogP contribution is -2.31. The molecule has 0 rings (SSSR count). The lowest BCUT2D eigenvalue weighted by Gasteiger charge is -2.03. The highest BCUT2D eigenvalue weighted by atomic mass is 16.4. The van der Waals surface area contributed by atoms with Crippen molar-refractivity contribution in [2.75, 3.05) is 0 Å². The van der Waals surface area contributed by atoms with Gasteiger partial charge in [0.25, 0.3) is 0 Å². The van der Waals surface area contributed by atoms with Gasteiger partial charge in [-0.25, -0.2) is 5.43 Å². The molecule has 1 atom stereocenters. The zero-order valence-corrected chi connectivity index (χ0v) is 16.8. The van der Waals surface area contributed by atoms with Gasteiger partial charge in [0.2, 0.25) is 0 Å². The fourth-order valence-corrected chi connectivity index (χ4v) is 2.65. The van der Waals surface area contributed by atoms with Gasteiger partial charge in [0.15, 0.2) is 0 Å². The second kappa shape index (κ2) is 23.4. The molecule has 0 aromatic heterocycles. The lowest BCUT2D eigenvalue weighted by atomic mass is 10.0. The SMILES string of the molecule is CC(O)NN.CCCCCCCCCCCCCCCCCC(=O)O. The van der Waals surface area contributed by atoms with Crippen molar-refractivity contribution in [1.29, 1.82) is 0 Å². The number of aliphatic carboxylic acids is 1. The highest BCUT2D eigenvalue weighted by Crippen LogP contribution is 2.13. The van der Waals surface area contributed by atoms with Gasteiger partial charge in [0, 0.05) is 6.42 Å². The van der Waals surface area contributed by atoms with Gasteiger partial charge in [-0.15, -0.1) is 0 Å². The van der Waals surface area contributed by atoms with E-state index >= 15 is 0 Å². The van der Waals surface area contributed by atoms with Crippen LogP contribution in [0.1, 0.15) is 117 Å². The molecule has 152 valence electrons. The zero-order chi connectivity index (χ0) is 19.2. The van der Waals surface area contributed by atoms with Crippen LogP contribution in [0, 0.1) is 0 Å². The topological polar surface area (TPSA) is 95.6 Å². The molecule has 0 saturated heterocycles. The minimum absolute atomic E-state index is 0.345. The molecular formula is C20H44N2O3. The number of carbonyl (C=O) groups is 1. The van der Waals surface area contributed by atoms with Crippen molar-refractivity contribution in [2.24, 2.45) is 5.84 Å². The van der Waals surface area contributed by atoms with E-state index in [1.54, 1.807) is 6.92 Å². The summed E-state index contributed by atoms with van der Waals surface area (Å²) in [4.78, 5) is 10.3. The smallest absolute Gasteiger partial charge is 0.303 e. The Bertz CT molecular complexity index is 261. The van der Waals surface area contributed by atoms with Crippen LogP contribution in [-0.4, -0.2) is 22.4 Å². The summed E-state index contributed by atoms with van der Waals surface area (Å²) in [6.45, 7) is 3.81. The summed E-state index contributed by atoms with van der Waals surface area (Å²) in [5, 5.41) is 16.6. The van der Waals surface area contributed by atoms with Crippen molar-refractivity contribution >= 4 is 5.97 Å². The molecule has 25 heavy (non-hydrogen) atoms. The second-order valence-corrected chi connectivity index (χ2v) is 6.94. The molecule has 0 saturated carbocycles. The van der Waals surface area contributed by atoms with Gasteiger partial charge in [-0.3, -0.25) is 10.6 Å². The van der Waals surface area contributed by atoms with Crippen molar-refractivity contribution in [1.82, 2.24) is 5.43 Å². The lowest BCUT2D eigenvalue weighted by molar-refractivity contribution is -0.137. The van der Waals surface area contributed by atoms with E-state index in [0.717, 1.165) is 12.8 Å². The maximum Gasteiger partial charge on any atom is 0.303 e. The molecule has 0 aromatic rings. The normalized spacial score (nSPS) is 11.7. The molecule has 5 N–H and O–H groups in total. The summed E-state index contributed by atoms with van der Waals surface area (Å²) in [5.74, 6) is 4.02. The third kappa shape index (κ3) is 31.6. The number of rotatable bonds is 17. The average Bonchev–Trinajstić information content (AvgIpc) is 2.58. The number of hydrazine groups is 1. The Morgan fingerprint density at radius 1 is 0.800 bits per heavy atom. The molecule has 0 aliphatic heterocycles. The first-order chi connectivity index (χ1) is 12.0. The van der Waals surface area contributed by atoms with Crippen LogP contribution in [0.5, 0.6) is 0 Å². The van der Waals surface area contributed by atoms with Crippen molar-refractivity contribution in [3.05, 3.63) is 0 Å². The quantitative estimate of drug-likeness (QED) is 0.125. The fraction of sp³-hybridized carbons (Fsp3) is 0.950. The standard InChI is InChI=1S/C18H36O2.C2H8N2O/c1-2-3-4-5-6-7-8-9-10-11-12-13-14-15-16-17-18(19)20;1-2(5)4-3/h2-17H2,1H3,(H,19,20);2,4-5H,3H2,1H3. The molecule has 0 amide bonds. The Morgan fingerprint density at radius 3 is 1.32 bits per heavy atom. The van der Waals surface area contributed by atoms with Crippen LogP contribution in [0.25, 0.3) is 0 Å². The number of aliphatic hydroxyl groups is 1. The number of hydrogen-bond donors (Lipinski definition) is 4. The first kappa shape index (κ1) is 26.6. The molecule has 0 aromatic carbocycles. The number of hydrogen-bond acceptors (Lipinski definition) is 4. The Hall–Kier alpha value is -0.650. The highest BCUT2D eigenvalue weighted by Gasteiger charge is 1.97. The first-order valence-electron chi connectivity index (χ1n) is 10.4. The Labute approximate surface area is 155 Å². The molecule has 0 aliphatic carbocycles. The van der Waals surface area contributed by atoms with Crippen molar-refractivity contribution in [3.8, 4) is 0 Å². The minimum Gasteiger partial charge on any atom is -0.481 e. The number of nitrogens with one attached hydrogen (secondary N) is 1. The third-order valence-electron chi connectivity index (χ3n) is 4.24. The van der Waals surface area contributed by atoms with E-state index in [1.807, 2.05) is 0 Å². The summed E-state index contributed by atoms with van der Waals surface area (Å²) in [5.41, 5.74) is 2.08. The predicted molar refractivity (Wildman–Crippen MR) is 106 cm³/mol. The van der Waals surface area contributed by atoms with E-state index in [4.69, 9.17) is 10.2 Å². The van der Waals surface area contributed by atoms with E-state index in [9.17, 15) is 4.79 Å². The van der Waals surface area contributed by atoms with Crippen LogP contribution in [0.2, 0.25) is 0 Å². The van der Waals surface area contributed by atoms with Crippen LogP contribution in [-0.2, 0) is 4.79 Å². The molecule has 1 unspecified atom stereocenters. The number of nitrogens with two attached hydrogens (primary N) is 1. The average molecular weight is 361 g/mol. The fourth-order valence-electron chi connectivity index (χ4n) is 2.65. The van der Waals surface area contributed by atoms with E-state index in [-0.39, 0.29) is 0 Å². The molecule has 0 aliphatic rings. The van der Waals surface area contributed by atoms with Gasteiger partial charge in [-0.1, -0.05) is 96.8 Å². The molecule has 0 heterocycles. The molecule has 5 heteroatoms. The molecule has 0 fully saturated rings. The zero-order valence-electron chi connectivity index (χ0n) is 16.8. The number of unbranched alkanes of at least 4 members (excludes halogenated alkanes) is 14. The number of carboxylic acid groups (broad SMARTS) is 1. The van der Waals surface area contributed by atoms with Crippen molar-refractivity contribution in [3.63, 3.8) is 0 Å². The van der Waals surface area contributed by atoms with E-state index in [2.05, 4.69) is 18.2 Å². The van der Waals surface area contributed by atoms with Gasteiger partial charge in [-0.2, -0.15) is 0 Å². The Morgan fingerprint density at radius 2 is 1.08 bits per heavy atom. The van der Waals surface area contributed by atoms with Crippen LogP contribution in [0.4, 0.5) is 0 Å². The Kier molecular flexibility index (Phi) is 24.8. The van der Waals surface area contributed by atoms with Crippen LogP contribution in [0.15, 0.2) is 0 Å². The molecule has 0 radical (unpaired) electrons. The van der Waals surface area contributed by atoms with Gasteiger partial charge in [0.1, 0.15) is 6.23 Å². The van der Waals surface area contributed by atoms with Crippen LogP contribution < -0.4 is 11.3 Å². The van der Waals surface area contributed by atoms with Gasteiger partial charge >= 0.3 is 5.97 Å². The third-order valence-corrected chi connectivity index (χ3v) is 4.24. The van der Waals surface area contributed by atoms with Gasteiger partial charge in [-0.05, 0) is 13.3 Å². The number of aliphatic hydroxyl groups excluding tert-OH is 1. The maximum absolute atomic E-state index is 10.3. The summed E-state index contributed by atoms with van der Waals surface area (Å²) >= 11 is 0. The van der Waals surface area contributed by atoms with Crippen LogP contribution in [0.3, 0.4) is 0 Å². The molecule has 0 bridgehead atoms. The van der Waals surface area contributed by atoms with Crippen LogP contribution >= 0.6 is 0 Å². The van der Waals surface area contributed by atoms with E-state index < -0.39 is 12.2 Å². The summed E-state index contributed by atoms with van der Waals surface area (Å²) in [7, 11) is 0. The largest absolute Gasteiger partial charge is 0.481 e. The molecular weight excluding hydrogens is 316 g/mol. The number of carboxylic acids is 1. The summed E-state index contributed by atoms with van der Waals surface area (Å²) in [6, 6.07) is 0. The Balaban J connectivity index is 0. The maximum atomic E-state index is 10.3. The predicted octanol–water partition coefficient (Wildman–Crippen LogP) is 5.12. The van der Waals surface area contributed by atoms with Gasteiger partial charge < -0.3 is 10.2 Å². The summed E-state index contributed by atoms with van der Waals surface area (Å²) < 4.78 is 0. The molecule has 0 spiro atoms. The monoisotopic (exact) mass is 360 g/mol. The molecule has 5 nitrogen and oxygen atoms in total. The van der Waals surface area contributed by atoms with E-state index in [0.29, 0.717) is 6.42 Å².